The number of para-hydroxylation sites is 1. The van der Waals surface area contributed by atoms with E-state index in [0.717, 1.165) is 25.1 Å². The molecular weight excluding hydrogens is 396 g/mol. The van der Waals surface area contributed by atoms with E-state index >= 15 is 0 Å². The molecule has 0 radical (unpaired) electrons. The number of nitrogens with one attached hydrogen (secondary N) is 2. The first-order valence-corrected chi connectivity index (χ1v) is 10.1. The third kappa shape index (κ3) is 6.69. The zero-order valence-corrected chi connectivity index (χ0v) is 17.7. The quantitative estimate of drug-likeness (QED) is 0.344. The predicted octanol–water partition coefficient (Wildman–Crippen LogP) is 4.83. The molecule has 0 aliphatic carbocycles. The maximum Gasteiger partial charge on any atom is 0.339 e. The topological polar surface area (TPSA) is 59.6 Å². The van der Waals surface area contributed by atoms with E-state index in [1.807, 2.05) is 25.1 Å². The molecule has 0 saturated carbocycles. The van der Waals surface area contributed by atoms with Crippen molar-refractivity contribution in [1.29, 1.82) is 0 Å². The van der Waals surface area contributed by atoms with Crippen LogP contribution in [0.3, 0.4) is 0 Å². The minimum absolute atomic E-state index is 0.304. The zero-order valence-electron chi connectivity index (χ0n) is 16.1. The van der Waals surface area contributed by atoms with Crippen LogP contribution in [0.4, 0.5) is 5.69 Å². The summed E-state index contributed by atoms with van der Waals surface area (Å²) < 4.78 is 10.6. The summed E-state index contributed by atoms with van der Waals surface area (Å²) in [6.45, 7) is 5.41. The van der Waals surface area contributed by atoms with Gasteiger partial charge >= 0.3 is 5.97 Å². The van der Waals surface area contributed by atoms with E-state index < -0.39 is 5.97 Å². The molecule has 0 unspecified atom stereocenters. The fraction of sp³-hybridized carbons (Fsp3) is 0.333. The van der Waals surface area contributed by atoms with Gasteiger partial charge in [-0.15, -0.1) is 0 Å². The Morgan fingerprint density at radius 3 is 2.64 bits per heavy atom. The lowest BCUT2D eigenvalue weighted by Gasteiger charge is -2.13. The summed E-state index contributed by atoms with van der Waals surface area (Å²) in [6, 6.07) is 13.1. The largest absolute Gasteiger partial charge is 0.494 e. The Hall–Kier alpha value is -2.31. The number of esters is 1. The molecule has 0 bridgehead atoms. The van der Waals surface area contributed by atoms with Crippen LogP contribution in [0.2, 0.25) is 5.02 Å². The summed E-state index contributed by atoms with van der Waals surface area (Å²) in [6.07, 6.45) is 1.81. The van der Waals surface area contributed by atoms with Gasteiger partial charge in [0.2, 0.25) is 0 Å². The van der Waals surface area contributed by atoms with Crippen molar-refractivity contribution < 1.29 is 14.3 Å². The summed E-state index contributed by atoms with van der Waals surface area (Å²) >= 11 is 11.5. The fourth-order valence-corrected chi connectivity index (χ4v) is 3.11. The summed E-state index contributed by atoms with van der Waals surface area (Å²) in [7, 11) is 0. The van der Waals surface area contributed by atoms with Crippen molar-refractivity contribution in [1.82, 2.24) is 5.32 Å². The molecule has 7 heteroatoms. The molecule has 2 rings (SSSR count). The Morgan fingerprint density at radius 1 is 1.14 bits per heavy atom. The number of aryl methyl sites for hydroxylation is 1. The smallest absolute Gasteiger partial charge is 0.339 e. The maximum atomic E-state index is 11.8. The Kier molecular flexibility index (Phi) is 9.04. The lowest BCUT2D eigenvalue weighted by molar-refractivity contribution is 0.0526. The third-order valence-electron chi connectivity index (χ3n) is 3.90. The van der Waals surface area contributed by atoms with Crippen LogP contribution in [0, 0.1) is 0 Å². The van der Waals surface area contributed by atoms with Gasteiger partial charge in [-0.25, -0.2) is 4.79 Å². The molecule has 0 spiro atoms. The Bertz CT molecular complexity index is 814. The van der Waals surface area contributed by atoms with Crippen molar-refractivity contribution in [2.75, 3.05) is 25.1 Å². The van der Waals surface area contributed by atoms with Gasteiger partial charge in [0.1, 0.15) is 5.75 Å². The van der Waals surface area contributed by atoms with Gasteiger partial charge in [0.25, 0.3) is 0 Å². The second kappa shape index (κ2) is 11.5. The minimum atomic E-state index is -0.438. The van der Waals surface area contributed by atoms with Crippen LogP contribution < -0.4 is 15.4 Å². The number of carbonyl (C=O) groups excluding carboxylic acids is 1. The highest BCUT2D eigenvalue weighted by Gasteiger charge is 2.12. The number of hydrogen-bond acceptors (Lipinski definition) is 4. The molecule has 5 nitrogen and oxygen atoms in total. The normalized spacial score (nSPS) is 10.2. The molecule has 0 fully saturated rings. The van der Waals surface area contributed by atoms with Gasteiger partial charge in [-0.05, 0) is 68.7 Å². The SMILES string of the molecule is CCOC(=O)c1ccc(NC(=S)NCCCc2ccccc2OCC)cc1Cl. The third-order valence-corrected chi connectivity index (χ3v) is 4.46. The molecule has 0 aliphatic rings. The van der Waals surface area contributed by atoms with Crippen molar-refractivity contribution in [3.8, 4) is 5.75 Å². The molecule has 0 amide bonds. The number of carbonyl (C=O) groups is 1. The van der Waals surface area contributed by atoms with Crippen molar-refractivity contribution in [2.45, 2.75) is 26.7 Å². The molecule has 2 aromatic rings. The average molecular weight is 421 g/mol. The summed E-state index contributed by atoms with van der Waals surface area (Å²) in [5.41, 5.74) is 2.23. The van der Waals surface area contributed by atoms with Gasteiger partial charge in [0.15, 0.2) is 5.11 Å². The van der Waals surface area contributed by atoms with Crippen LogP contribution in [-0.2, 0) is 11.2 Å². The number of benzene rings is 2. The van der Waals surface area contributed by atoms with Crippen LogP contribution in [0.5, 0.6) is 5.75 Å². The molecule has 0 aromatic heterocycles. The van der Waals surface area contributed by atoms with E-state index in [1.165, 1.54) is 5.56 Å². The van der Waals surface area contributed by atoms with E-state index in [9.17, 15) is 4.79 Å². The number of anilines is 1. The van der Waals surface area contributed by atoms with E-state index in [4.69, 9.17) is 33.3 Å². The monoisotopic (exact) mass is 420 g/mol. The Balaban J connectivity index is 1.80. The van der Waals surface area contributed by atoms with Gasteiger partial charge in [-0.2, -0.15) is 0 Å². The van der Waals surface area contributed by atoms with Gasteiger partial charge in [-0.1, -0.05) is 29.8 Å². The van der Waals surface area contributed by atoms with E-state index in [1.54, 1.807) is 25.1 Å². The number of hydrogen-bond donors (Lipinski definition) is 2. The van der Waals surface area contributed by atoms with Crippen molar-refractivity contribution in [3.63, 3.8) is 0 Å². The first-order chi connectivity index (χ1) is 13.5. The Labute approximate surface area is 176 Å². The van der Waals surface area contributed by atoms with Crippen molar-refractivity contribution in [3.05, 3.63) is 58.6 Å². The van der Waals surface area contributed by atoms with Crippen LogP contribution in [0.15, 0.2) is 42.5 Å². The van der Waals surface area contributed by atoms with Crippen LogP contribution in [-0.4, -0.2) is 30.8 Å². The van der Waals surface area contributed by atoms with E-state index in [0.29, 0.717) is 34.6 Å². The van der Waals surface area contributed by atoms with Crippen LogP contribution in [0.25, 0.3) is 0 Å². The molecule has 0 atom stereocenters. The summed E-state index contributed by atoms with van der Waals surface area (Å²) in [4.78, 5) is 11.8. The molecule has 28 heavy (non-hydrogen) atoms. The highest BCUT2D eigenvalue weighted by Crippen LogP contribution is 2.22. The molecule has 0 aliphatic heterocycles. The fourth-order valence-electron chi connectivity index (χ4n) is 2.63. The van der Waals surface area contributed by atoms with Gasteiger partial charge in [0, 0.05) is 12.2 Å². The number of thiocarbonyl (C=S) groups is 1. The second-order valence-electron chi connectivity index (χ2n) is 5.94. The highest BCUT2D eigenvalue weighted by atomic mass is 35.5. The summed E-state index contributed by atoms with van der Waals surface area (Å²) in [5.74, 6) is 0.495. The molecule has 0 heterocycles. The number of rotatable bonds is 9. The standard InChI is InChI=1S/C21H25ClN2O3S/c1-3-26-19-10-6-5-8-15(19)9-7-13-23-21(28)24-16-11-12-17(18(22)14-16)20(25)27-4-2/h5-6,8,10-12,14H,3-4,7,9,13H2,1-2H3,(H2,23,24,28). The molecule has 2 aromatic carbocycles. The lowest BCUT2D eigenvalue weighted by Crippen LogP contribution is -2.29. The average Bonchev–Trinajstić information content (AvgIpc) is 2.67. The van der Waals surface area contributed by atoms with E-state index in [-0.39, 0.29) is 0 Å². The highest BCUT2D eigenvalue weighted by molar-refractivity contribution is 7.80. The number of halogens is 1. The first kappa shape index (κ1) is 22.0. The van der Waals surface area contributed by atoms with Crippen molar-refractivity contribution in [2.24, 2.45) is 0 Å². The predicted molar refractivity (Wildman–Crippen MR) is 118 cm³/mol. The number of ether oxygens (including phenoxy) is 2. The first-order valence-electron chi connectivity index (χ1n) is 9.27. The van der Waals surface area contributed by atoms with Gasteiger partial charge in [0.05, 0.1) is 23.8 Å². The second-order valence-corrected chi connectivity index (χ2v) is 6.76. The summed E-state index contributed by atoms with van der Waals surface area (Å²) in [5, 5.41) is 7.06. The van der Waals surface area contributed by atoms with E-state index in [2.05, 4.69) is 16.7 Å². The molecular formula is C21H25ClN2O3S. The van der Waals surface area contributed by atoms with Gasteiger partial charge in [-0.3, -0.25) is 0 Å². The zero-order chi connectivity index (χ0) is 20.4. The Morgan fingerprint density at radius 2 is 1.93 bits per heavy atom. The van der Waals surface area contributed by atoms with Crippen molar-refractivity contribution >= 4 is 40.6 Å². The van der Waals surface area contributed by atoms with Gasteiger partial charge < -0.3 is 20.1 Å². The molecule has 150 valence electrons. The lowest BCUT2D eigenvalue weighted by atomic mass is 10.1. The maximum absolute atomic E-state index is 11.8. The minimum Gasteiger partial charge on any atom is -0.494 e. The van der Waals surface area contributed by atoms with Crippen LogP contribution in [0.1, 0.15) is 36.2 Å². The molecule has 0 saturated heterocycles. The van der Waals surface area contributed by atoms with Crippen LogP contribution >= 0.6 is 23.8 Å². The molecule has 2 N–H and O–H groups in total.